The van der Waals surface area contributed by atoms with Gasteiger partial charge in [-0.3, -0.25) is 4.98 Å². The van der Waals surface area contributed by atoms with Gasteiger partial charge in [-0.05, 0) is 108 Å². The summed E-state index contributed by atoms with van der Waals surface area (Å²) in [7, 11) is 0. The van der Waals surface area contributed by atoms with E-state index in [2.05, 4.69) is 279 Å². The van der Waals surface area contributed by atoms with Gasteiger partial charge in [0.05, 0.1) is 61.2 Å². The summed E-state index contributed by atoms with van der Waals surface area (Å²) in [6.07, 6.45) is 1.88. The summed E-state index contributed by atoms with van der Waals surface area (Å²) in [5.41, 5.74) is 18.8. The Kier molecular flexibility index (Phi) is 9.60. The maximum absolute atomic E-state index is 12.0. The van der Waals surface area contributed by atoms with Crippen LogP contribution in [0.4, 0.5) is 0 Å². The summed E-state index contributed by atoms with van der Waals surface area (Å²) in [6, 6.07) is 96.0. The SMILES string of the molecule is N#Cc1c(-n2c3ccccc3c3cc(-n4c5ccccc5c5ccccc54)ccc32)cc(-c2cccnc2-c2ccccc2-c2ccccc2)cc1-n1c2ccccc2c2cc(-n3c4ccccc4c4ccccc43)ccc21. The van der Waals surface area contributed by atoms with Crippen LogP contribution in [-0.4, -0.2) is 23.3 Å². The van der Waals surface area contributed by atoms with E-state index in [4.69, 9.17) is 4.98 Å². The van der Waals surface area contributed by atoms with Crippen LogP contribution in [0.1, 0.15) is 5.56 Å². The molecule has 11 aromatic carbocycles. The first-order valence-electron chi connectivity index (χ1n) is 26.4. The molecule has 0 aliphatic rings. The van der Waals surface area contributed by atoms with Gasteiger partial charge in [0.1, 0.15) is 11.6 Å². The fraction of sp³-hybridized carbons (Fsp3) is 0. The van der Waals surface area contributed by atoms with Crippen molar-refractivity contribution in [1.82, 2.24) is 23.3 Å². The molecule has 0 spiro atoms. The van der Waals surface area contributed by atoms with Crippen molar-refractivity contribution in [1.29, 1.82) is 5.26 Å². The second-order valence-corrected chi connectivity index (χ2v) is 20.2. The Balaban J connectivity index is 0.989. The lowest BCUT2D eigenvalue weighted by atomic mass is 9.92. The standard InChI is InChI=1S/C72H44N6/c73-45-61-70(77-66-34-16-10-26-56(66)59-43-48(36-38-68(59)77)75-62-30-12-6-22-52(62)53-23-7-13-31-63(53)75)41-47(51-29-18-40-74-72(51)58-28-5-4-21-50(58)46-19-2-1-3-20-46)42-71(61)78-67-35-17-11-27-57(67)60-44-49(37-39-69(60)78)76-64-32-14-8-24-54(64)55-25-9-15-33-65(55)76/h1-44H. The van der Waals surface area contributed by atoms with E-state index in [9.17, 15) is 5.26 Å². The van der Waals surface area contributed by atoms with Gasteiger partial charge in [0.2, 0.25) is 0 Å². The molecule has 0 aliphatic carbocycles. The predicted molar refractivity (Wildman–Crippen MR) is 323 cm³/mol. The molecular weight excluding hydrogens is 949 g/mol. The maximum atomic E-state index is 12.0. The number of rotatable bonds is 7. The molecule has 5 aromatic heterocycles. The Bertz CT molecular complexity index is 4820. The van der Waals surface area contributed by atoms with E-state index in [1.807, 2.05) is 12.3 Å². The number of para-hydroxylation sites is 6. The van der Waals surface area contributed by atoms with E-state index < -0.39 is 0 Å². The molecule has 0 unspecified atom stereocenters. The minimum absolute atomic E-state index is 0.553. The molecule has 362 valence electrons. The number of aromatic nitrogens is 5. The van der Waals surface area contributed by atoms with Crippen molar-refractivity contribution in [3.05, 3.63) is 273 Å². The molecule has 0 saturated carbocycles. The van der Waals surface area contributed by atoms with Crippen molar-refractivity contribution in [2.45, 2.75) is 0 Å². The third-order valence-electron chi connectivity index (χ3n) is 16.1. The van der Waals surface area contributed by atoms with Gasteiger partial charge < -0.3 is 18.3 Å². The second-order valence-electron chi connectivity index (χ2n) is 20.2. The van der Waals surface area contributed by atoms with Crippen LogP contribution >= 0.6 is 0 Å². The molecule has 0 bridgehead atoms. The van der Waals surface area contributed by atoms with Crippen LogP contribution in [0, 0.1) is 11.3 Å². The van der Waals surface area contributed by atoms with E-state index in [1.54, 1.807) is 0 Å². The topological polar surface area (TPSA) is 56.4 Å². The Labute approximate surface area is 448 Å². The average Bonchev–Trinajstić information content (AvgIpc) is 4.33. The minimum atomic E-state index is 0.553. The smallest absolute Gasteiger partial charge is 0.104 e. The number of nitriles is 1. The van der Waals surface area contributed by atoms with E-state index in [-0.39, 0.29) is 0 Å². The number of benzene rings is 11. The van der Waals surface area contributed by atoms with E-state index in [0.717, 1.165) is 122 Å². The third-order valence-corrected chi connectivity index (χ3v) is 16.1. The van der Waals surface area contributed by atoms with E-state index in [1.165, 1.54) is 21.5 Å². The highest BCUT2D eigenvalue weighted by Gasteiger charge is 2.25. The van der Waals surface area contributed by atoms with Gasteiger partial charge in [-0.25, -0.2) is 0 Å². The minimum Gasteiger partial charge on any atom is -0.309 e. The first-order chi connectivity index (χ1) is 38.7. The molecule has 0 saturated heterocycles. The number of nitrogens with zero attached hydrogens (tertiary/aromatic N) is 6. The zero-order valence-corrected chi connectivity index (χ0v) is 42.1. The van der Waals surface area contributed by atoms with Crippen molar-refractivity contribution in [3.63, 3.8) is 0 Å². The van der Waals surface area contributed by atoms with Crippen LogP contribution < -0.4 is 0 Å². The predicted octanol–water partition coefficient (Wildman–Crippen LogP) is 18.3. The number of fused-ring (bicyclic) bond motifs is 12. The lowest BCUT2D eigenvalue weighted by molar-refractivity contribution is 1.11. The summed E-state index contributed by atoms with van der Waals surface area (Å²) in [5, 5.41) is 21.2. The zero-order chi connectivity index (χ0) is 51.4. The summed E-state index contributed by atoms with van der Waals surface area (Å²) in [4.78, 5) is 5.21. The monoisotopic (exact) mass is 992 g/mol. The highest BCUT2D eigenvalue weighted by atomic mass is 15.0. The van der Waals surface area contributed by atoms with Crippen LogP contribution in [-0.2, 0) is 0 Å². The van der Waals surface area contributed by atoms with Crippen LogP contribution in [0.5, 0.6) is 0 Å². The summed E-state index contributed by atoms with van der Waals surface area (Å²) < 4.78 is 9.38. The second kappa shape index (κ2) is 17.2. The molecule has 6 heteroatoms. The zero-order valence-electron chi connectivity index (χ0n) is 42.1. The highest BCUT2D eigenvalue weighted by molar-refractivity contribution is 6.15. The lowest BCUT2D eigenvalue weighted by Gasteiger charge is -2.20. The van der Waals surface area contributed by atoms with Gasteiger partial charge in [-0.15, -0.1) is 0 Å². The Morgan fingerprint density at radius 1 is 0.282 bits per heavy atom. The molecule has 0 N–H and O–H groups in total. The van der Waals surface area contributed by atoms with Gasteiger partial charge in [0.15, 0.2) is 0 Å². The fourth-order valence-electron chi connectivity index (χ4n) is 12.8. The third kappa shape index (κ3) is 6.40. The van der Waals surface area contributed by atoms with Crippen LogP contribution in [0.2, 0.25) is 0 Å². The molecule has 16 rings (SSSR count). The Morgan fingerprint density at radius 3 is 1.09 bits per heavy atom. The van der Waals surface area contributed by atoms with Crippen LogP contribution in [0.3, 0.4) is 0 Å². The van der Waals surface area contributed by atoms with Crippen molar-refractivity contribution in [2.24, 2.45) is 0 Å². The molecule has 0 atom stereocenters. The van der Waals surface area contributed by atoms with Crippen molar-refractivity contribution >= 4 is 87.2 Å². The molecule has 5 heterocycles. The summed E-state index contributed by atoms with van der Waals surface area (Å²) >= 11 is 0. The quantitative estimate of drug-likeness (QED) is 0.160. The Morgan fingerprint density at radius 2 is 0.641 bits per heavy atom. The number of pyridine rings is 1. The number of hydrogen-bond acceptors (Lipinski definition) is 2. The summed E-state index contributed by atoms with van der Waals surface area (Å²) in [6.45, 7) is 0. The molecule has 6 nitrogen and oxygen atoms in total. The first-order valence-corrected chi connectivity index (χ1v) is 26.4. The van der Waals surface area contributed by atoms with Crippen molar-refractivity contribution in [2.75, 3.05) is 0 Å². The normalized spacial score (nSPS) is 11.8. The molecule has 0 radical (unpaired) electrons. The van der Waals surface area contributed by atoms with Crippen LogP contribution in [0.15, 0.2) is 267 Å². The molecule has 0 fully saturated rings. The van der Waals surface area contributed by atoms with Gasteiger partial charge in [-0.2, -0.15) is 5.26 Å². The first kappa shape index (κ1) is 43.6. The molecule has 16 aromatic rings. The van der Waals surface area contributed by atoms with Crippen molar-refractivity contribution < 1.29 is 0 Å². The van der Waals surface area contributed by atoms with Crippen molar-refractivity contribution in [3.8, 4) is 62.3 Å². The van der Waals surface area contributed by atoms with E-state index in [0.29, 0.717) is 5.56 Å². The largest absolute Gasteiger partial charge is 0.309 e. The lowest BCUT2D eigenvalue weighted by Crippen LogP contribution is -2.06. The summed E-state index contributed by atoms with van der Waals surface area (Å²) in [5.74, 6) is 0. The van der Waals surface area contributed by atoms with Gasteiger partial charge >= 0.3 is 0 Å². The van der Waals surface area contributed by atoms with Crippen LogP contribution in [0.25, 0.3) is 143 Å². The highest BCUT2D eigenvalue weighted by Crippen LogP contribution is 2.45. The fourth-order valence-corrected chi connectivity index (χ4v) is 12.8. The van der Waals surface area contributed by atoms with Gasteiger partial charge in [0.25, 0.3) is 0 Å². The van der Waals surface area contributed by atoms with Gasteiger partial charge in [-0.1, -0.05) is 170 Å². The average molecular weight is 993 g/mol. The molecule has 0 aliphatic heterocycles. The molecule has 78 heavy (non-hydrogen) atoms. The van der Waals surface area contributed by atoms with Gasteiger partial charge in [0, 0.05) is 71.8 Å². The molecular formula is C72H44N6. The maximum Gasteiger partial charge on any atom is 0.104 e. The molecule has 0 amide bonds. The van der Waals surface area contributed by atoms with E-state index >= 15 is 0 Å². The Hall–Kier alpha value is -10.7. The number of hydrogen-bond donors (Lipinski definition) is 0.